The number of thiazole rings is 1. The first kappa shape index (κ1) is 11.2. The molecule has 2 heterocycles. The number of aliphatic imine (C=N–C) groups is 1. The minimum atomic E-state index is -0.243. The first-order valence-corrected chi connectivity index (χ1v) is 6.23. The first-order valence-electron chi connectivity index (χ1n) is 5.03. The van der Waals surface area contributed by atoms with Gasteiger partial charge in [-0.3, -0.25) is 15.2 Å². The highest BCUT2D eigenvalue weighted by Gasteiger charge is 2.26. The van der Waals surface area contributed by atoms with E-state index in [9.17, 15) is 4.79 Å². The van der Waals surface area contributed by atoms with Gasteiger partial charge in [0.05, 0.1) is 15.6 Å². The van der Waals surface area contributed by atoms with E-state index in [1.165, 1.54) is 0 Å². The summed E-state index contributed by atoms with van der Waals surface area (Å²) in [5.41, 5.74) is 7.57. The van der Waals surface area contributed by atoms with Gasteiger partial charge in [0.1, 0.15) is 5.82 Å². The molecule has 7 heteroatoms. The molecule has 2 aromatic rings. The van der Waals surface area contributed by atoms with Crippen molar-refractivity contribution in [3.8, 4) is 0 Å². The number of nitrogens with one attached hydrogen (secondary N) is 2. The van der Waals surface area contributed by atoms with Gasteiger partial charge in [0.25, 0.3) is 0 Å². The van der Waals surface area contributed by atoms with E-state index in [1.54, 1.807) is 12.1 Å². The lowest BCUT2D eigenvalue weighted by Gasteiger charge is -2.02. The maximum atomic E-state index is 11.3. The Hall–Kier alpha value is -1.92. The summed E-state index contributed by atoms with van der Waals surface area (Å²) in [5, 5.41) is 8.30. The molecule has 1 aromatic heterocycles. The molecule has 90 valence electrons. The molecule has 0 unspecified atom stereocenters. The number of aromatic nitrogens is 1. The number of halogens is 1. The number of benzene rings is 1. The Kier molecular flexibility index (Phi) is 2.36. The van der Waals surface area contributed by atoms with Gasteiger partial charge in [-0.25, -0.2) is 4.99 Å². The third-order valence-corrected chi connectivity index (χ3v) is 3.84. The van der Waals surface area contributed by atoms with Crippen molar-refractivity contribution >= 4 is 40.3 Å². The van der Waals surface area contributed by atoms with Crippen LogP contribution in [-0.4, -0.2) is 16.5 Å². The van der Waals surface area contributed by atoms with E-state index in [-0.39, 0.29) is 16.5 Å². The number of hydrogen-bond donors (Lipinski definition) is 3. The van der Waals surface area contributed by atoms with E-state index in [4.69, 9.17) is 22.7 Å². The first-order chi connectivity index (χ1) is 8.58. The Morgan fingerprint density at radius 1 is 1.44 bits per heavy atom. The van der Waals surface area contributed by atoms with E-state index < -0.39 is 0 Å². The van der Waals surface area contributed by atoms with E-state index in [2.05, 4.69) is 9.98 Å². The van der Waals surface area contributed by atoms with Crippen LogP contribution in [0.2, 0.25) is 5.02 Å². The summed E-state index contributed by atoms with van der Waals surface area (Å²) in [5.74, 6) is 0.357. The number of anilines is 1. The normalized spacial score (nSPS) is 13.6. The molecule has 3 rings (SSSR count). The maximum Gasteiger partial charge on any atom is 0.306 e. The molecular formula is C11H7ClN4OS. The topological polar surface area (TPSA) is 95.1 Å². The summed E-state index contributed by atoms with van der Waals surface area (Å²) >= 11 is 7.03. The molecule has 0 radical (unpaired) electrons. The van der Waals surface area contributed by atoms with Crippen LogP contribution in [0.15, 0.2) is 28.0 Å². The molecule has 0 saturated heterocycles. The number of hydrogen-bond acceptors (Lipinski definition) is 4. The molecule has 0 bridgehead atoms. The summed E-state index contributed by atoms with van der Waals surface area (Å²) in [6.45, 7) is 0. The van der Waals surface area contributed by atoms with Crippen molar-refractivity contribution in [3.05, 3.63) is 48.9 Å². The van der Waals surface area contributed by atoms with Crippen molar-refractivity contribution in [2.45, 2.75) is 0 Å². The van der Waals surface area contributed by atoms with Gasteiger partial charge in [0, 0.05) is 11.1 Å². The average molecular weight is 279 g/mol. The van der Waals surface area contributed by atoms with Gasteiger partial charge in [-0.2, -0.15) is 0 Å². The van der Waals surface area contributed by atoms with Crippen LogP contribution in [-0.2, 0) is 0 Å². The third kappa shape index (κ3) is 1.50. The molecule has 1 aromatic carbocycles. The Labute approximate surface area is 110 Å². The van der Waals surface area contributed by atoms with Gasteiger partial charge in [-0.15, -0.1) is 0 Å². The van der Waals surface area contributed by atoms with Gasteiger partial charge < -0.3 is 5.73 Å². The van der Waals surface area contributed by atoms with Crippen LogP contribution in [0.5, 0.6) is 0 Å². The smallest absolute Gasteiger partial charge is 0.306 e. The zero-order valence-corrected chi connectivity index (χ0v) is 10.5. The quantitative estimate of drug-likeness (QED) is 0.742. The van der Waals surface area contributed by atoms with Gasteiger partial charge in [-0.1, -0.05) is 35.1 Å². The standard InChI is InChI=1S/C11H7ClN4OS/c12-5-3-1-2-4-6(5)9(13)15-7(4)8-10(14)16-11(17)18-8/h1-3,13H,14H2,(H,16,17). The van der Waals surface area contributed by atoms with E-state index in [0.29, 0.717) is 21.2 Å². The summed E-state index contributed by atoms with van der Waals surface area (Å²) < 4.78 is 0. The van der Waals surface area contributed by atoms with E-state index in [1.807, 2.05) is 6.07 Å². The van der Waals surface area contributed by atoms with Crippen LogP contribution in [0.25, 0.3) is 0 Å². The minimum absolute atomic E-state index is 0.0887. The number of nitrogens with two attached hydrogens (primary N) is 1. The number of amidine groups is 1. The van der Waals surface area contributed by atoms with Crippen molar-refractivity contribution in [2.24, 2.45) is 4.99 Å². The van der Waals surface area contributed by atoms with Crippen LogP contribution >= 0.6 is 22.9 Å². The Balaban J connectivity index is 2.27. The molecule has 4 N–H and O–H groups in total. The fraction of sp³-hybridized carbons (Fsp3) is 0. The highest BCUT2D eigenvalue weighted by Crippen LogP contribution is 2.30. The maximum absolute atomic E-state index is 11.3. The lowest BCUT2D eigenvalue weighted by molar-refractivity contribution is 1.35. The van der Waals surface area contributed by atoms with Crippen molar-refractivity contribution < 1.29 is 0 Å². The fourth-order valence-electron chi connectivity index (χ4n) is 1.88. The molecule has 0 atom stereocenters. The lowest BCUT2D eigenvalue weighted by Crippen LogP contribution is -2.02. The number of nitrogens with zero attached hydrogens (tertiary/aromatic N) is 1. The Morgan fingerprint density at radius 3 is 2.89 bits per heavy atom. The molecule has 0 spiro atoms. The zero-order chi connectivity index (χ0) is 12.9. The van der Waals surface area contributed by atoms with Gasteiger partial charge in [0.2, 0.25) is 0 Å². The highest BCUT2D eigenvalue weighted by atomic mass is 35.5. The number of aromatic amines is 1. The molecule has 0 aliphatic carbocycles. The predicted molar refractivity (Wildman–Crippen MR) is 73.3 cm³/mol. The summed E-state index contributed by atoms with van der Waals surface area (Å²) in [7, 11) is 0. The lowest BCUT2D eigenvalue weighted by atomic mass is 10.0. The predicted octanol–water partition coefficient (Wildman–Crippen LogP) is 1.85. The van der Waals surface area contributed by atoms with Gasteiger partial charge in [-0.05, 0) is 6.07 Å². The molecule has 1 aliphatic rings. The molecule has 0 fully saturated rings. The largest absolute Gasteiger partial charge is 0.384 e. The van der Waals surface area contributed by atoms with Crippen LogP contribution in [0.4, 0.5) is 5.82 Å². The molecule has 1 aliphatic heterocycles. The molecule has 0 saturated carbocycles. The van der Waals surface area contributed by atoms with Crippen LogP contribution in [0.3, 0.4) is 0 Å². The van der Waals surface area contributed by atoms with Crippen LogP contribution in [0.1, 0.15) is 16.0 Å². The summed E-state index contributed by atoms with van der Waals surface area (Å²) in [4.78, 5) is 18.2. The molecular weight excluding hydrogens is 272 g/mol. The molecule has 0 amide bonds. The Morgan fingerprint density at radius 2 is 2.22 bits per heavy atom. The third-order valence-electron chi connectivity index (χ3n) is 2.62. The second kappa shape index (κ2) is 3.79. The van der Waals surface area contributed by atoms with Crippen molar-refractivity contribution in [2.75, 3.05) is 5.73 Å². The minimum Gasteiger partial charge on any atom is -0.384 e. The van der Waals surface area contributed by atoms with Crippen molar-refractivity contribution in [3.63, 3.8) is 0 Å². The summed E-state index contributed by atoms with van der Waals surface area (Å²) in [6, 6.07) is 5.29. The number of H-pyrrole nitrogens is 1. The average Bonchev–Trinajstić information content (AvgIpc) is 2.80. The molecule has 5 nitrogen and oxygen atoms in total. The fourth-order valence-corrected chi connectivity index (χ4v) is 2.90. The second-order valence-corrected chi connectivity index (χ2v) is 5.12. The van der Waals surface area contributed by atoms with Crippen LogP contribution < -0.4 is 10.6 Å². The monoisotopic (exact) mass is 278 g/mol. The van der Waals surface area contributed by atoms with Crippen molar-refractivity contribution in [1.82, 2.24) is 4.98 Å². The molecule has 18 heavy (non-hydrogen) atoms. The number of fused-ring (bicyclic) bond motifs is 1. The number of rotatable bonds is 1. The van der Waals surface area contributed by atoms with Crippen molar-refractivity contribution in [1.29, 1.82) is 5.41 Å². The second-order valence-electron chi connectivity index (χ2n) is 3.73. The highest BCUT2D eigenvalue weighted by molar-refractivity contribution is 7.12. The van der Waals surface area contributed by atoms with Gasteiger partial charge >= 0.3 is 4.87 Å². The Bertz CT molecular complexity index is 759. The summed E-state index contributed by atoms with van der Waals surface area (Å²) in [6.07, 6.45) is 0. The van der Waals surface area contributed by atoms with E-state index in [0.717, 1.165) is 16.9 Å². The van der Waals surface area contributed by atoms with E-state index >= 15 is 0 Å². The van der Waals surface area contributed by atoms with Crippen LogP contribution in [0, 0.1) is 5.41 Å². The number of nitrogen functional groups attached to an aromatic ring is 1. The zero-order valence-electron chi connectivity index (χ0n) is 8.95. The van der Waals surface area contributed by atoms with Gasteiger partial charge in [0.15, 0.2) is 5.84 Å². The SMILES string of the molecule is N=C1N=C(c2sc(=O)[nH]c2N)c2cccc(Cl)c21.